The number of carbonyl (C=O) groups is 2. The van der Waals surface area contributed by atoms with E-state index in [1.54, 1.807) is 12.1 Å². The first-order valence-corrected chi connectivity index (χ1v) is 15.2. The van der Waals surface area contributed by atoms with Gasteiger partial charge in [0.15, 0.2) is 0 Å². The Bertz CT molecular complexity index is 1430. The van der Waals surface area contributed by atoms with Crippen molar-refractivity contribution in [2.24, 2.45) is 0 Å². The maximum absolute atomic E-state index is 14.4. The first kappa shape index (κ1) is 31.7. The summed E-state index contributed by atoms with van der Waals surface area (Å²) in [5.74, 6) is -1.85. The molecule has 0 aromatic heterocycles. The predicted octanol–water partition coefficient (Wildman–Crippen LogP) is 5.07. The third-order valence-corrected chi connectivity index (χ3v) is 7.49. The third kappa shape index (κ3) is 9.67. The van der Waals surface area contributed by atoms with Gasteiger partial charge in [-0.05, 0) is 62.6 Å². The minimum atomic E-state index is -3.83. The minimum Gasteiger partial charge on any atom is -0.350 e. The van der Waals surface area contributed by atoms with Crippen molar-refractivity contribution in [1.82, 2.24) is 10.2 Å². The van der Waals surface area contributed by atoms with E-state index in [0.717, 1.165) is 16.1 Å². The number of carbonyl (C=O) groups excluding carboxylic acids is 2. The first-order valence-electron chi connectivity index (χ1n) is 13.4. The van der Waals surface area contributed by atoms with Gasteiger partial charge in [-0.1, -0.05) is 54.6 Å². The lowest BCUT2D eigenvalue weighted by Crippen LogP contribution is -2.54. The van der Waals surface area contributed by atoms with Crippen LogP contribution in [0.25, 0.3) is 0 Å². The second-order valence-electron chi connectivity index (χ2n) is 11.0. The Morgan fingerprint density at radius 1 is 0.878 bits per heavy atom. The molecule has 0 saturated carbocycles. The Morgan fingerprint density at radius 3 is 2.07 bits per heavy atom. The maximum atomic E-state index is 14.4. The van der Waals surface area contributed by atoms with Gasteiger partial charge < -0.3 is 10.2 Å². The number of nitrogens with one attached hydrogen (secondary N) is 1. The van der Waals surface area contributed by atoms with E-state index in [1.165, 1.54) is 41.3 Å². The lowest BCUT2D eigenvalue weighted by atomic mass is 10.00. The molecule has 0 aliphatic rings. The lowest BCUT2D eigenvalue weighted by Gasteiger charge is -2.34. The van der Waals surface area contributed by atoms with E-state index in [0.29, 0.717) is 5.56 Å². The molecule has 0 fully saturated rings. The van der Waals surface area contributed by atoms with Gasteiger partial charge in [0.05, 0.1) is 11.9 Å². The average molecular weight is 586 g/mol. The molecule has 41 heavy (non-hydrogen) atoms. The molecule has 0 radical (unpaired) electrons. The number of hydrogen-bond donors (Lipinski definition) is 1. The van der Waals surface area contributed by atoms with Crippen molar-refractivity contribution in [3.8, 4) is 0 Å². The van der Waals surface area contributed by atoms with Gasteiger partial charge in [0, 0.05) is 31.5 Å². The van der Waals surface area contributed by atoms with Crippen LogP contribution >= 0.6 is 0 Å². The van der Waals surface area contributed by atoms with Crippen molar-refractivity contribution < 1.29 is 26.8 Å². The summed E-state index contributed by atoms with van der Waals surface area (Å²) >= 11 is 0. The van der Waals surface area contributed by atoms with Gasteiger partial charge in [-0.15, -0.1) is 0 Å². The predicted molar refractivity (Wildman–Crippen MR) is 157 cm³/mol. The van der Waals surface area contributed by atoms with E-state index in [4.69, 9.17) is 0 Å². The molecule has 2 amide bonds. The van der Waals surface area contributed by atoms with Crippen LogP contribution < -0.4 is 9.62 Å². The fourth-order valence-electron chi connectivity index (χ4n) is 4.43. The zero-order valence-corrected chi connectivity index (χ0v) is 24.6. The van der Waals surface area contributed by atoms with Gasteiger partial charge in [0.25, 0.3) is 0 Å². The van der Waals surface area contributed by atoms with Crippen LogP contribution in [0.5, 0.6) is 0 Å². The van der Waals surface area contributed by atoms with Gasteiger partial charge >= 0.3 is 0 Å². The average Bonchev–Trinajstić information content (AvgIpc) is 2.89. The molecule has 10 heteroatoms. The topological polar surface area (TPSA) is 86.8 Å². The highest BCUT2D eigenvalue weighted by Gasteiger charge is 2.32. The molecule has 1 unspecified atom stereocenters. The Kier molecular flexibility index (Phi) is 10.6. The van der Waals surface area contributed by atoms with Crippen LogP contribution in [0.1, 0.15) is 44.7 Å². The van der Waals surface area contributed by atoms with Crippen molar-refractivity contribution in [2.75, 3.05) is 17.1 Å². The number of sulfonamides is 1. The van der Waals surface area contributed by atoms with E-state index in [9.17, 15) is 26.8 Å². The number of para-hydroxylation sites is 1. The second kappa shape index (κ2) is 13.7. The monoisotopic (exact) mass is 585 g/mol. The molecule has 7 nitrogen and oxygen atoms in total. The van der Waals surface area contributed by atoms with Gasteiger partial charge in [-0.2, -0.15) is 0 Å². The van der Waals surface area contributed by atoms with Crippen LogP contribution in [0.2, 0.25) is 0 Å². The molecule has 0 bridgehead atoms. The SMILES string of the molecule is CC(C)(C)NC(=O)C(Cc1ccccc1)N(Cc1ccc(F)cc1)C(=O)CCCN(c1ccccc1F)S(C)(=O)=O. The first-order chi connectivity index (χ1) is 19.2. The van der Waals surface area contributed by atoms with E-state index in [1.807, 2.05) is 51.1 Å². The third-order valence-electron chi connectivity index (χ3n) is 6.31. The summed E-state index contributed by atoms with van der Waals surface area (Å²) in [5.41, 5.74) is 0.815. The zero-order chi connectivity index (χ0) is 30.2. The van der Waals surface area contributed by atoms with E-state index < -0.39 is 33.2 Å². The van der Waals surface area contributed by atoms with Crippen molar-refractivity contribution >= 4 is 27.5 Å². The maximum Gasteiger partial charge on any atom is 0.243 e. The molecule has 0 saturated heterocycles. The molecule has 0 aliphatic carbocycles. The smallest absolute Gasteiger partial charge is 0.243 e. The largest absolute Gasteiger partial charge is 0.350 e. The van der Waals surface area contributed by atoms with Crippen LogP contribution in [0.15, 0.2) is 78.9 Å². The van der Waals surface area contributed by atoms with E-state index >= 15 is 0 Å². The van der Waals surface area contributed by atoms with Crippen molar-refractivity contribution in [3.63, 3.8) is 0 Å². The van der Waals surface area contributed by atoms with Gasteiger partial charge in [0.1, 0.15) is 17.7 Å². The Balaban J connectivity index is 1.90. The standard InChI is InChI=1S/C31H37F2N3O4S/c1-31(2,3)34-30(38)28(21-23-11-6-5-7-12-23)35(22-24-16-18-25(32)19-17-24)29(37)15-10-20-36(41(4,39)40)27-14-9-8-13-26(27)33/h5-9,11-14,16-19,28H,10,15,20-22H2,1-4H3,(H,34,38). The van der Waals surface area contributed by atoms with Crippen molar-refractivity contribution in [2.45, 2.75) is 58.2 Å². The minimum absolute atomic E-state index is 0.0390. The highest BCUT2D eigenvalue weighted by Crippen LogP contribution is 2.23. The zero-order valence-electron chi connectivity index (χ0n) is 23.8. The Morgan fingerprint density at radius 2 is 1.49 bits per heavy atom. The van der Waals surface area contributed by atoms with Gasteiger partial charge in [-0.3, -0.25) is 13.9 Å². The van der Waals surface area contributed by atoms with Crippen LogP contribution in [0.4, 0.5) is 14.5 Å². The number of anilines is 1. The number of hydrogen-bond acceptors (Lipinski definition) is 4. The van der Waals surface area contributed by atoms with E-state index in [2.05, 4.69) is 5.32 Å². The molecule has 0 heterocycles. The quantitative estimate of drug-likeness (QED) is 0.322. The second-order valence-corrected chi connectivity index (χ2v) is 12.9. The number of benzene rings is 3. The molecule has 220 valence electrons. The molecule has 3 rings (SSSR count). The molecule has 1 N–H and O–H groups in total. The molecular weight excluding hydrogens is 548 g/mol. The van der Waals surface area contributed by atoms with E-state index in [-0.39, 0.29) is 49.9 Å². The van der Waals surface area contributed by atoms with Crippen molar-refractivity contribution in [3.05, 3.63) is 102 Å². The summed E-state index contributed by atoms with van der Waals surface area (Å²) in [7, 11) is -3.83. The number of halogens is 2. The number of rotatable bonds is 12. The lowest BCUT2D eigenvalue weighted by molar-refractivity contribution is -0.142. The summed E-state index contributed by atoms with van der Waals surface area (Å²) in [4.78, 5) is 28.8. The van der Waals surface area contributed by atoms with Crippen LogP contribution in [-0.4, -0.2) is 49.5 Å². The summed E-state index contributed by atoms with van der Waals surface area (Å²) < 4.78 is 54.0. The molecule has 3 aromatic carbocycles. The fourth-order valence-corrected chi connectivity index (χ4v) is 5.40. The van der Waals surface area contributed by atoms with Crippen LogP contribution in [0, 0.1) is 11.6 Å². The molecule has 3 aromatic rings. The highest BCUT2D eigenvalue weighted by molar-refractivity contribution is 7.92. The van der Waals surface area contributed by atoms with Crippen molar-refractivity contribution in [1.29, 1.82) is 0 Å². The summed E-state index contributed by atoms with van der Waals surface area (Å²) in [6.07, 6.45) is 1.20. The van der Waals surface area contributed by atoms with Gasteiger partial charge in [-0.25, -0.2) is 17.2 Å². The highest BCUT2D eigenvalue weighted by atomic mass is 32.2. The normalized spacial score (nSPS) is 12.4. The summed E-state index contributed by atoms with van der Waals surface area (Å²) in [6, 6.07) is 19.6. The van der Waals surface area contributed by atoms with Crippen LogP contribution in [-0.2, 0) is 32.6 Å². The van der Waals surface area contributed by atoms with Gasteiger partial charge in [0.2, 0.25) is 21.8 Å². The molecule has 0 spiro atoms. The molecular formula is C31H37F2N3O4S. The number of nitrogens with zero attached hydrogens (tertiary/aromatic N) is 2. The summed E-state index contributed by atoms with van der Waals surface area (Å²) in [5, 5.41) is 2.97. The summed E-state index contributed by atoms with van der Waals surface area (Å²) in [6.45, 7) is 5.45. The fraction of sp³-hybridized carbons (Fsp3) is 0.355. The van der Waals surface area contributed by atoms with Crippen LogP contribution in [0.3, 0.4) is 0 Å². The number of amides is 2. The Labute approximate surface area is 241 Å². The molecule has 1 atom stereocenters. The Hall–Kier alpha value is -3.79. The molecule has 0 aliphatic heterocycles.